The van der Waals surface area contributed by atoms with Gasteiger partial charge in [0.25, 0.3) is 0 Å². The second-order valence-corrected chi connectivity index (χ2v) is 8.57. The number of hydrogen-bond acceptors (Lipinski definition) is 5. The topological polar surface area (TPSA) is 62.1 Å². The highest BCUT2D eigenvalue weighted by Crippen LogP contribution is 2.27. The van der Waals surface area contributed by atoms with Crippen LogP contribution in [-0.4, -0.2) is 47.9 Å². The van der Waals surface area contributed by atoms with Gasteiger partial charge in [-0.2, -0.15) is 0 Å². The fourth-order valence-corrected chi connectivity index (χ4v) is 4.67. The predicted octanol–water partition coefficient (Wildman–Crippen LogP) is 5.35. The number of aryl methyl sites for hydroxylation is 1. The molecule has 1 aromatic carbocycles. The van der Waals surface area contributed by atoms with E-state index in [0.29, 0.717) is 35.5 Å². The van der Waals surface area contributed by atoms with Gasteiger partial charge in [0.1, 0.15) is 12.3 Å². The molecule has 1 fully saturated rings. The number of benzene rings is 1. The third-order valence-corrected chi connectivity index (χ3v) is 6.34. The lowest BCUT2D eigenvalue weighted by molar-refractivity contribution is -0.143. The summed E-state index contributed by atoms with van der Waals surface area (Å²) in [6.07, 6.45) is 1.63. The summed E-state index contributed by atoms with van der Waals surface area (Å²) >= 11 is 14.0. The summed E-state index contributed by atoms with van der Waals surface area (Å²) < 4.78 is 0. The molecule has 2 aromatic rings. The van der Waals surface area contributed by atoms with Gasteiger partial charge in [0.15, 0.2) is 0 Å². The van der Waals surface area contributed by atoms with Crippen molar-refractivity contribution >= 4 is 58.6 Å². The van der Waals surface area contributed by atoms with E-state index in [2.05, 4.69) is 10.1 Å². The smallest absolute Gasteiger partial charge is 0.307 e. The Balaban J connectivity index is 0.00000300. The molecule has 3 rings (SSSR count). The van der Waals surface area contributed by atoms with Crippen molar-refractivity contribution in [2.24, 2.45) is 11.1 Å². The van der Waals surface area contributed by atoms with Crippen LogP contribution in [0.1, 0.15) is 28.8 Å². The van der Waals surface area contributed by atoms with E-state index in [1.54, 1.807) is 23.5 Å². The van der Waals surface area contributed by atoms with Gasteiger partial charge in [0.05, 0.1) is 15.8 Å². The Bertz CT molecular complexity index is 872. The maximum absolute atomic E-state index is 11.2. The average molecular weight is 478 g/mol. The normalized spacial score (nSPS) is 17.6. The molecule has 5 nitrogen and oxygen atoms in total. The number of nitrogens with zero attached hydrogens (tertiary/aromatic N) is 2. The molecule has 158 valence electrons. The van der Waals surface area contributed by atoms with Crippen LogP contribution in [0.25, 0.3) is 0 Å². The van der Waals surface area contributed by atoms with Gasteiger partial charge >= 0.3 is 5.97 Å². The predicted molar refractivity (Wildman–Crippen MR) is 121 cm³/mol. The second-order valence-electron chi connectivity index (χ2n) is 6.81. The maximum atomic E-state index is 11.2. The lowest BCUT2D eigenvalue weighted by Crippen LogP contribution is -2.40. The minimum absolute atomic E-state index is 0. The highest BCUT2D eigenvalue weighted by atomic mass is 35.5. The van der Waals surface area contributed by atoms with Crippen molar-refractivity contribution < 1.29 is 14.7 Å². The Morgan fingerprint density at radius 3 is 2.83 bits per heavy atom. The lowest BCUT2D eigenvalue weighted by Gasteiger charge is -2.29. The molecule has 1 N–H and O–H groups in total. The first-order chi connectivity index (χ1) is 13.5. The summed E-state index contributed by atoms with van der Waals surface area (Å²) in [7, 11) is 0. The zero-order valence-corrected chi connectivity index (χ0v) is 19.1. The van der Waals surface area contributed by atoms with Crippen molar-refractivity contribution in [1.82, 2.24) is 4.90 Å². The van der Waals surface area contributed by atoms with Gasteiger partial charge in [-0.25, -0.2) is 0 Å². The number of likely N-dealkylation sites (tertiary alicyclic amines) is 1. The molecular weight excluding hydrogens is 455 g/mol. The van der Waals surface area contributed by atoms with Gasteiger partial charge in [-0.05, 0) is 61.5 Å². The van der Waals surface area contributed by atoms with Gasteiger partial charge in [0, 0.05) is 23.7 Å². The molecule has 2 heterocycles. The van der Waals surface area contributed by atoms with Crippen molar-refractivity contribution in [3.63, 3.8) is 0 Å². The minimum atomic E-state index is -0.725. The van der Waals surface area contributed by atoms with Crippen molar-refractivity contribution in [3.8, 4) is 0 Å². The molecule has 1 aliphatic heterocycles. The van der Waals surface area contributed by atoms with E-state index >= 15 is 0 Å². The number of rotatable bonds is 7. The van der Waals surface area contributed by atoms with Crippen LogP contribution in [0.15, 0.2) is 34.8 Å². The molecule has 0 amide bonds. The van der Waals surface area contributed by atoms with Crippen molar-refractivity contribution in [2.75, 3.05) is 26.2 Å². The van der Waals surface area contributed by atoms with Gasteiger partial charge in [-0.3, -0.25) is 9.69 Å². The summed E-state index contributed by atoms with van der Waals surface area (Å²) in [6.45, 7) is 4.48. The molecule has 0 aliphatic carbocycles. The van der Waals surface area contributed by atoms with Gasteiger partial charge in [0.2, 0.25) is 0 Å². The molecule has 1 saturated heterocycles. The SMILES string of the molecule is Cc1ccsc1/C(=N\OCCN1CCC[C@@H](C(=O)O)C1)c1ccc(Cl)cc1Cl.Cl. The van der Waals surface area contributed by atoms with Gasteiger partial charge in [-0.15, -0.1) is 23.7 Å². The number of carbonyl (C=O) groups is 1. The number of hydrogen-bond donors (Lipinski definition) is 1. The van der Waals surface area contributed by atoms with Crippen LogP contribution >= 0.6 is 46.9 Å². The van der Waals surface area contributed by atoms with Crippen LogP contribution < -0.4 is 0 Å². The molecule has 1 atom stereocenters. The lowest BCUT2D eigenvalue weighted by atomic mass is 9.98. The quantitative estimate of drug-likeness (QED) is 0.332. The molecule has 9 heteroatoms. The van der Waals surface area contributed by atoms with Crippen LogP contribution in [0.4, 0.5) is 0 Å². The number of halogens is 3. The molecule has 0 radical (unpaired) electrons. The third kappa shape index (κ3) is 6.33. The van der Waals surface area contributed by atoms with E-state index in [9.17, 15) is 9.90 Å². The number of carboxylic acids is 1. The third-order valence-electron chi connectivity index (χ3n) is 4.77. The minimum Gasteiger partial charge on any atom is -0.481 e. The first-order valence-corrected chi connectivity index (χ1v) is 10.7. The number of thiophene rings is 1. The molecule has 29 heavy (non-hydrogen) atoms. The summed E-state index contributed by atoms with van der Waals surface area (Å²) in [5.41, 5.74) is 2.54. The zero-order valence-electron chi connectivity index (χ0n) is 15.9. The fraction of sp³-hybridized carbons (Fsp3) is 0.400. The van der Waals surface area contributed by atoms with Crippen molar-refractivity contribution in [2.45, 2.75) is 19.8 Å². The summed E-state index contributed by atoms with van der Waals surface area (Å²) in [4.78, 5) is 19.9. The van der Waals surface area contributed by atoms with Gasteiger partial charge in [-0.1, -0.05) is 28.4 Å². The first-order valence-electron chi connectivity index (χ1n) is 9.10. The van der Waals surface area contributed by atoms with E-state index in [1.165, 1.54) is 0 Å². The number of oxime groups is 1. The second kappa shape index (κ2) is 11.2. The largest absolute Gasteiger partial charge is 0.481 e. The van der Waals surface area contributed by atoms with E-state index in [0.717, 1.165) is 35.4 Å². The van der Waals surface area contributed by atoms with Crippen LogP contribution in [-0.2, 0) is 9.63 Å². The van der Waals surface area contributed by atoms with Crippen LogP contribution in [0.2, 0.25) is 10.0 Å². The maximum Gasteiger partial charge on any atom is 0.307 e. The van der Waals surface area contributed by atoms with E-state index in [4.69, 9.17) is 28.0 Å². The molecule has 0 saturated carbocycles. The van der Waals surface area contributed by atoms with Gasteiger partial charge < -0.3 is 9.94 Å². The molecular formula is C20H23Cl3N2O3S. The fourth-order valence-electron chi connectivity index (χ4n) is 3.25. The highest BCUT2D eigenvalue weighted by molar-refractivity contribution is 7.12. The molecule has 0 spiro atoms. The van der Waals surface area contributed by atoms with Crippen molar-refractivity contribution in [3.05, 3.63) is 55.7 Å². The Kier molecular flexibility index (Phi) is 9.24. The Morgan fingerprint density at radius 1 is 1.38 bits per heavy atom. The standard InChI is InChI=1S/C20H22Cl2N2O3S.ClH/c1-13-6-10-28-19(13)18(16-5-4-15(21)11-17(16)22)23-27-9-8-24-7-2-3-14(12-24)20(25)26;/h4-6,10-11,14H,2-3,7-9,12H2,1H3,(H,25,26);1H/b23-18-;/t14-;/m1./s1. The summed E-state index contributed by atoms with van der Waals surface area (Å²) in [5, 5.41) is 16.7. The van der Waals surface area contributed by atoms with E-state index in [-0.39, 0.29) is 18.3 Å². The Hall–Kier alpha value is -1.31. The monoisotopic (exact) mass is 476 g/mol. The highest BCUT2D eigenvalue weighted by Gasteiger charge is 2.25. The molecule has 1 aromatic heterocycles. The zero-order chi connectivity index (χ0) is 20.1. The number of piperidine rings is 1. The summed E-state index contributed by atoms with van der Waals surface area (Å²) in [6, 6.07) is 7.34. The molecule has 1 aliphatic rings. The number of aliphatic carboxylic acids is 1. The Labute approximate surface area is 190 Å². The average Bonchev–Trinajstić information content (AvgIpc) is 3.08. The number of carboxylic acid groups (broad SMARTS) is 1. The first kappa shape index (κ1) is 24.0. The van der Waals surface area contributed by atoms with Crippen LogP contribution in [0, 0.1) is 12.8 Å². The van der Waals surface area contributed by atoms with E-state index in [1.807, 2.05) is 24.4 Å². The summed E-state index contributed by atoms with van der Waals surface area (Å²) in [5.74, 6) is -1.02. The van der Waals surface area contributed by atoms with Crippen molar-refractivity contribution in [1.29, 1.82) is 0 Å². The molecule has 0 unspecified atom stereocenters. The Morgan fingerprint density at radius 2 is 2.17 bits per heavy atom. The van der Waals surface area contributed by atoms with E-state index < -0.39 is 5.97 Å². The van der Waals surface area contributed by atoms with Crippen LogP contribution in [0.3, 0.4) is 0 Å². The van der Waals surface area contributed by atoms with Crippen LogP contribution in [0.5, 0.6) is 0 Å². The molecule has 0 bridgehead atoms.